The number of para-hydroxylation sites is 1. The summed E-state index contributed by atoms with van der Waals surface area (Å²) in [5, 5.41) is 17.9. The summed E-state index contributed by atoms with van der Waals surface area (Å²) in [6, 6.07) is 22.6. The van der Waals surface area contributed by atoms with E-state index in [4.69, 9.17) is 0 Å². The van der Waals surface area contributed by atoms with Gasteiger partial charge in [0.05, 0.1) is 12.1 Å². The molecule has 180 valence electrons. The molecule has 3 aromatic rings. The number of carbonyl (C=O) groups is 2. The first-order valence-corrected chi connectivity index (χ1v) is 12.5. The highest BCUT2D eigenvalue weighted by Gasteiger charge is 2.31. The third-order valence-corrected chi connectivity index (χ3v) is 7.19. The first kappa shape index (κ1) is 24.3. The maximum atomic E-state index is 13.5. The van der Waals surface area contributed by atoms with Crippen LogP contribution in [0.25, 0.3) is 0 Å². The topological polar surface area (TPSA) is 126 Å². The number of guanidine groups is 1. The lowest BCUT2D eigenvalue weighted by Crippen LogP contribution is -2.35. The number of carboxylic acid groups (broad SMARTS) is 1. The van der Waals surface area contributed by atoms with Gasteiger partial charge in [0, 0.05) is 29.9 Å². The number of carboxylic acids is 1. The molecule has 3 aromatic carbocycles. The van der Waals surface area contributed by atoms with Crippen LogP contribution in [0, 0.1) is 0 Å². The van der Waals surface area contributed by atoms with Crippen LogP contribution in [0.1, 0.15) is 34.0 Å². The van der Waals surface area contributed by atoms with Crippen LogP contribution in [-0.4, -0.2) is 40.6 Å². The third-order valence-electron chi connectivity index (χ3n) is 5.45. The van der Waals surface area contributed by atoms with Gasteiger partial charge in [0.15, 0.2) is 16.1 Å². The summed E-state index contributed by atoms with van der Waals surface area (Å²) in [4.78, 5) is 29.2. The van der Waals surface area contributed by atoms with Gasteiger partial charge in [-0.1, -0.05) is 42.5 Å². The molecule has 1 aliphatic rings. The van der Waals surface area contributed by atoms with E-state index in [1.54, 1.807) is 72.8 Å². The number of nitrogens with one attached hydrogen (secondary N) is 3. The molecule has 0 aliphatic carbocycles. The molecule has 0 aromatic heterocycles. The molecule has 1 heterocycles. The third kappa shape index (κ3) is 6.40. The summed E-state index contributed by atoms with van der Waals surface area (Å²) in [6.45, 7) is 1.64. The maximum absolute atomic E-state index is 13.5. The van der Waals surface area contributed by atoms with Gasteiger partial charge in [0.1, 0.15) is 0 Å². The second-order valence-corrected chi connectivity index (χ2v) is 9.56. The number of rotatable bonds is 8. The molecule has 9 heteroatoms. The minimum absolute atomic E-state index is 0.298. The molecule has 0 spiro atoms. The lowest BCUT2D eigenvalue weighted by molar-refractivity contribution is -0.137. The number of hydrogen-bond acceptors (Lipinski definition) is 6. The Morgan fingerprint density at radius 2 is 1.74 bits per heavy atom. The standard InChI is InChI=1S/C26H26N4O4S/c31-24(32)17-23(18-7-2-1-3-8-18)35(34)22-10-5-4-9-21(22)30-25(33)19-11-13-20(14-12-19)29-26-27-15-6-16-28-26/h1-5,7-14,23H,6,15-17H2,(H,30,33)(H,31,32)(H2,27,28,29). The number of anilines is 2. The SMILES string of the molecule is O=C(O)CC(c1ccccc1)[S+]([O-])c1ccccc1NC(=O)c1ccc(NC2=NCCCN2)cc1. The molecule has 35 heavy (non-hydrogen) atoms. The summed E-state index contributed by atoms with van der Waals surface area (Å²) in [5.74, 6) is -0.695. The molecule has 0 fully saturated rings. The Balaban J connectivity index is 1.51. The van der Waals surface area contributed by atoms with E-state index in [9.17, 15) is 19.2 Å². The van der Waals surface area contributed by atoms with E-state index in [0.29, 0.717) is 27.7 Å². The number of nitrogens with zero attached hydrogens (tertiary/aromatic N) is 1. The number of aliphatic carboxylic acids is 1. The summed E-state index contributed by atoms with van der Waals surface area (Å²) >= 11 is -1.71. The van der Waals surface area contributed by atoms with Gasteiger partial charge in [-0.25, -0.2) is 0 Å². The van der Waals surface area contributed by atoms with Crippen LogP contribution >= 0.6 is 0 Å². The van der Waals surface area contributed by atoms with Crippen LogP contribution < -0.4 is 16.0 Å². The molecule has 2 atom stereocenters. The number of aliphatic imine (C=N–C) groups is 1. The quantitative estimate of drug-likeness (QED) is 0.353. The summed E-state index contributed by atoms with van der Waals surface area (Å²) in [5.41, 5.74) is 2.27. The molecule has 4 rings (SSSR count). The van der Waals surface area contributed by atoms with Crippen molar-refractivity contribution in [2.75, 3.05) is 23.7 Å². The van der Waals surface area contributed by atoms with E-state index in [2.05, 4.69) is 20.9 Å². The van der Waals surface area contributed by atoms with Crippen molar-refractivity contribution in [3.8, 4) is 0 Å². The maximum Gasteiger partial charge on any atom is 0.308 e. The molecular weight excluding hydrogens is 464 g/mol. The number of hydrogen-bond donors (Lipinski definition) is 4. The van der Waals surface area contributed by atoms with Crippen molar-refractivity contribution in [2.24, 2.45) is 4.99 Å². The minimum atomic E-state index is -1.71. The molecule has 0 bridgehead atoms. The van der Waals surface area contributed by atoms with Crippen molar-refractivity contribution in [1.29, 1.82) is 0 Å². The molecular formula is C26H26N4O4S. The normalized spacial score (nSPS) is 14.7. The second-order valence-electron chi connectivity index (χ2n) is 7.96. The Labute approximate surface area is 206 Å². The summed E-state index contributed by atoms with van der Waals surface area (Å²) in [7, 11) is 0. The lowest BCUT2D eigenvalue weighted by Gasteiger charge is -2.22. The highest BCUT2D eigenvalue weighted by Crippen LogP contribution is 2.35. The monoisotopic (exact) mass is 490 g/mol. The Morgan fingerprint density at radius 3 is 2.43 bits per heavy atom. The van der Waals surface area contributed by atoms with Crippen LogP contribution in [-0.2, 0) is 16.0 Å². The Kier molecular flexibility index (Phi) is 8.02. The number of amides is 1. The van der Waals surface area contributed by atoms with Crippen molar-refractivity contribution in [2.45, 2.75) is 23.0 Å². The zero-order valence-corrected chi connectivity index (χ0v) is 19.8. The van der Waals surface area contributed by atoms with Crippen molar-refractivity contribution in [3.05, 3.63) is 90.0 Å². The molecule has 0 saturated heterocycles. The van der Waals surface area contributed by atoms with Gasteiger partial charge in [-0.05, 0) is 54.0 Å². The van der Waals surface area contributed by atoms with Gasteiger partial charge in [0.2, 0.25) is 0 Å². The number of benzene rings is 3. The molecule has 1 aliphatic heterocycles. The van der Waals surface area contributed by atoms with E-state index in [-0.39, 0.29) is 12.3 Å². The highest BCUT2D eigenvalue weighted by molar-refractivity contribution is 7.91. The van der Waals surface area contributed by atoms with Crippen LogP contribution in [0.2, 0.25) is 0 Å². The fourth-order valence-corrected chi connectivity index (χ4v) is 5.25. The van der Waals surface area contributed by atoms with Gasteiger partial charge < -0.3 is 25.6 Å². The first-order valence-electron chi connectivity index (χ1n) is 11.2. The fourth-order valence-electron chi connectivity index (χ4n) is 3.69. The van der Waals surface area contributed by atoms with Gasteiger partial charge >= 0.3 is 5.97 Å². The summed E-state index contributed by atoms with van der Waals surface area (Å²) < 4.78 is 13.5. The molecule has 8 nitrogen and oxygen atoms in total. The molecule has 1 amide bonds. The Bertz CT molecular complexity index is 1200. The smallest absolute Gasteiger partial charge is 0.308 e. The fraction of sp³-hybridized carbons (Fsp3) is 0.192. The largest absolute Gasteiger partial charge is 0.611 e. The van der Waals surface area contributed by atoms with Gasteiger partial charge in [-0.2, -0.15) is 0 Å². The van der Waals surface area contributed by atoms with Gasteiger partial charge in [0.25, 0.3) is 5.91 Å². The van der Waals surface area contributed by atoms with E-state index in [0.717, 1.165) is 25.2 Å². The van der Waals surface area contributed by atoms with Crippen LogP contribution in [0.4, 0.5) is 11.4 Å². The Hall–Kier alpha value is -3.82. The number of carbonyl (C=O) groups excluding carboxylic acids is 1. The average Bonchev–Trinajstić information content (AvgIpc) is 2.88. The zero-order chi connectivity index (χ0) is 24.6. The predicted molar refractivity (Wildman–Crippen MR) is 137 cm³/mol. The summed E-state index contributed by atoms with van der Waals surface area (Å²) in [6.07, 6.45) is 0.701. The highest BCUT2D eigenvalue weighted by atomic mass is 32.2. The molecule has 0 saturated carbocycles. The van der Waals surface area contributed by atoms with Crippen molar-refractivity contribution in [1.82, 2.24) is 5.32 Å². The average molecular weight is 491 g/mol. The molecule has 4 N–H and O–H groups in total. The van der Waals surface area contributed by atoms with Gasteiger partial charge in [-0.15, -0.1) is 0 Å². The van der Waals surface area contributed by atoms with E-state index in [1.807, 2.05) is 6.07 Å². The van der Waals surface area contributed by atoms with Crippen LogP contribution in [0.5, 0.6) is 0 Å². The Morgan fingerprint density at radius 1 is 1.03 bits per heavy atom. The molecule has 0 radical (unpaired) electrons. The zero-order valence-electron chi connectivity index (χ0n) is 18.9. The van der Waals surface area contributed by atoms with E-state index >= 15 is 0 Å². The second kappa shape index (κ2) is 11.5. The first-order chi connectivity index (χ1) is 17.0. The van der Waals surface area contributed by atoms with E-state index in [1.165, 1.54) is 0 Å². The van der Waals surface area contributed by atoms with Crippen molar-refractivity contribution >= 4 is 40.4 Å². The lowest BCUT2D eigenvalue weighted by atomic mass is 10.1. The van der Waals surface area contributed by atoms with Crippen LogP contribution in [0.3, 0.4) is 0 Å². The van der Waals surface area contributed by atoms with Crippen molar-refractivity contribution < 1.29 is 19.2 Å². The molecule has 2 unspecified atom stereocenters. The van der Waals surface area contributed by atoms with Crippen molar-refractivity contribution in [3.63, 3.8) is 0 Å². The van der Waals surface area contributed by atoms with Gasteiger partial charge in [-0.3, -0.25) is 14.6 Å². The van der Waals surface area contributed by atoms with Crippen LogP contribution in [0.15, 0.2) is 88.8 Å². The minimum Gasteiger partial charge on any atom is -0.611 e. The van der Waals surface area contributed by atoms with E-state index < -0.39 is 22.4 Å². The predicted octanol–water partition coefficient (Wildman–Crippen LogP) is 4.02.